The van der Waals surface area contributed by atoms with Gasteiger partial charge in [0.1, 0.15) is 6.07 Å². The predicted octanol–water partition coefficient (Wildman–Crippen LogP) is 1.30. The maximum Gasteiger partial charge on any atom is 0.194 e. The van der Waals surface area contributed by atoms with E-state index in [1.54, 1.807) is 12.1 Å². The molecule has 1 saturated heterocycles. The van der Waals surface area contributed by atoms with E-state index < -0.39 is 0 Å². The highest BCUT2D eigenvalue weighted by Gasteiger charge is 2.16. The first kappa shape index (κ1) is 11.6. The summed E-state index contributed by atoms with van der Waals surface area (Å²) in [6.07, 6.45) is -0.380. The van der Waals surface area contributed by atoms with Crippen molar-refractivity contribution < 1.29 is 14.3 Å². The number of nitriles is 1. The Bertz CT molecular complexity index is 419. The van der Waals surface area contributed by atoms with Crippen molar-refractivity contribution in [1.29, 1.82) is 5.26 Å². The summed E-state index contributed by atoms with van der Waals surface area (Å²) in [6.45, 7) is 1.33. The maximum atomic E-state index is 8.95. The van der Waals surface area contributed by atoms with Crippen LogP contribution in [0.2, 0.25) is 0 Å². The topological polar surface area (TPSA) is 63.8 Å². The van der Waals surface area contributed by atoms with E-state index in [0.717, 1.165) is 5.56 Å². The molecule has 0 spiro atoms. The van der Waals surface area contributed by atoms with Crippen molar-refractivity contribution in [3.63, 3.8) is 0 Å². The van der Waals surface area contributed by atoms with Crippen LogP contribution in [-0.4, -0.2) is 31.8 Å². The molecule has 0 atom stereocenters. The summed E-state index contributed by atoms with van der Waals surface area (Å²) in [5.41, 5.74) is 0.965. The molecule has 0 aliphatic carbocycles. The van der Waals surface area contributed by atoms with Crippen LogP contribution in [-0.2, 0) is 14.3 Å². The second-order valence-corrected chi connectivity index (χ2v) is 3.38. The minimum absolute atomic E-state index is 0.192. The Kier molecular flexibility index (Phi) is 4.08. The van der Waals surface area contributed by atoms with E-state index in [1.165, 1.54) is 0 Å². The SMILES string of the molecule is N#CC(=NOCC1OCCO1)c1ccccc1. The van der Waals surface area contributed by atoms with Crippen LogP contribution in [0.5, 0.6) is 0 Å². The molecule has 0 bridgehead atoms. The van der Waals surface area contributed by atoms with Crippen molar-refractivity contribution in [2.45, 2.75) is 6.29 Å². The standard InChI is InChI=1S/C12H12N2O3/c13-8-11(10-4-2-1-3-5-10)14-17-9-12-15-6-7-16-12/h1-5,12H,6-7,9H2. The Labute approximate surface area is 99.2 Å². The summed E-state index contributed by atoms with van der Waals surface area (Å²) in [4.78, 5) is 5.04. The van der Waals surface area contributed by atoms with Crippen molar-refractivity contribution in [3.05, 3.63) is 35.9 Å². The fourth-order valence-corrected chi connectivity index (χ4v) is 1.40. The third-order valence-corrected chi connectivity index (χ3v) is 2.21. The summed E-state index contributed by atoms with van der Waals surface area (Å²) in [7, 11) is 0. The molecule has 17 heavy (non-hydrogen) atoms. The summed E-state index contributed by atoms with van der Waals surface area (Å²) in [5.74, 6) is 0. The minimum atomic E-state index is -0.380. The maximum absolute atomic E-state index is 8.95. The van der Waals surface area contributed by atoms with Gasteiger partial charge in [0.25, 0.3) is 0 Å². The van der Waals surface area contributed by atoms with Gasteiger partial charge >= 0.3 is 0 Å². The van der Waals surface area contributed by atoms with E-state index in [4.69, 9.17) is 19.6 Å². The van der Waals surface area contributed by atoms with Crippen molar-refractivity contribution in [1.82, 2.24) is 0 Å². The van der Waals surface area contributed by atoms with Crippen LogP contribution >= 0.6 is 0 Å². The minimum Gasteiger partial charge on any atom is -0.389 e. The van der Waals surface area contributed by atoms with Crippen molar-refractivity contribution in [2.24, 2.45) is 5.16 Å². The van der Waals surface area contributed by atoms with Crippen molar-refractivity contribution >= 4 is 5.71 Å². The number of ether oxygens (including phenoxy) is 2. The first-order valence-electron chi connectivity index (χ1n) is 5.29. The number of oxime groups is 1. The van der Waals surface area contributed by atoms with Gasteiger partial charge in [-0.3, -0.25) is 0 Å². The molecule has 1 aliphatic heterocycles. The fraction of sp³-hybridized carbons (Fsp3) is 0.333. The number of hydrogen-bond donors (Lipinski definition) is 0. The number of hydrogen-bond acceptors (Lipinski definition) is 5. The Balaban J connectivity index is 1.92. The molecule has 1 heterocycles. The molecule has 1 aliphatic rings. The molecule has 5 nitrogen and oxygen atoms in total. The Hall–Kier alpha value is -1.90. The fourth-order valence-electron chi connectivity index (χ4n) is 1.40. The lowest BCUT2D eigenvalue weighted by atomic mass is 10.1. The molecule has 0 N–H and O–H groups in total. The van der Waals surface area contributed by atoms with Gasteiger partial charge < -0.3 is 14.3 Å². The number of nitrogens with zero attached hydrogens (tertiary/aromatic N) is 2. The van der Waals surface area contributed by atoms with Gasteiger partial charge in [-0.25, -0.2) is 0 Å². The molecule has 1 fully saturated rings. The molecular formula is C12H12N2O3. The third-order valence-electron chi connectivity index (χ3n) is 2.21. The Morgan fingerprint density at radius 1 is 1.35 bits per heavy atom. The van der Waals surface area contributed by atoms with Crippen LogP contribution in [0.4, 0.5) is 0 Å². The highest BCUT2D eigenvalue weighted by molar-refractivity contribution is 6.11. The zero-order chi connectivity index (χ0) is 11.9. The number of benzene rings is 1. The van der Waals surface area contributed by atoms with Crippen LogP contribution in [0.25, 0.3) is 0 Å². The Morgan fingerprint density at radius 2 is 2.06 bits per heavy atom. The van der Waals surface area contributed by atoms with Crippen molar-refractivity contribution in [3.8, 4) is 6.07 Å². The molecule has 0 unspecified atom stereocenters. The summed E-state index contributed by atoms with van der Waals surface area (Å²) in [5, 5.41) is 12.7. The molecule has 0 radical (unpaired) electrons. The zero-order valence-corrected chi connectivity index (χ0v) is 9.20. The highest BCUT2D eigenvalue weighted by atomic mass is 16.7. The van der Waals surface area contributed by atoms with E-state index in [9.17, 15) is 0 Å². The van der Waals surface area contributed by atoms with E-state index in [1.807, 2.05) is 24.3 Å². The first-order chi connectivity index (χ1) is 8.40. The van der Waals surface area contributed by atoms with Gasteiger partial charge in [-0.1, -0.05) is 35.5 Å². The zero-order valence-electron chi connectivity index (χ0n) is 9.20. The molecule has 5 heteroatoms. The third kappa shape index (κ3) is 3.28. The molecule has 0 saturated carbocycles. The highest BCUT2D eigenvalue weighted by Crippen LogP contribution is 2.05. The van der Waals surface area contributed by atoms with E-state index in [2.05, 4.69) is 5.16 Å². The molecule has 88 valence electrons. The summed E-state index contributed by atoms with van der Waals surface area (Å²) < 4.78 is 10.3. The molecule has 0 amide bonds. The molecule has 0 aromatic heterocycles. The van der Waals surface area contributed by atoms with Gasteiger partial charge in [0.05, 0.1) is 13.2 Å². The normalized spacial score (nSPS) is 16.8. The first-order valence-corrected chi connectivity index (χ1v) is 5.29. The van der Waals surface area contributed by atoms with E-state index >= 15 is 0 Å². The lowest BCUT2D eigenvalue weighted by Gasteiger charge is -2.06. The Morgan fingerprint density at radius 3 is 2.71 bits per heavy atom. The largest absolute Gasteiger partial charge is 0.389 e. The average molecular weight is 232 g/mol. The van der Waals surface area contributed by atoms with Gasteiger partial charge in [-0.2, -0.15) is 5.26 Å². The summed E-state index contributed by atoms with van der Waals surface area (Å²) in [6, 6.07) is 11.1. The molecular weight excluding hydrogens is 220 g/mol. The van der Waals surface area contributed by atoms with Crippen LogP contribution in [0.3, 0.4) is 0 Å². The van der Waals surface area contributed by atoms with Gasteiger partial charge in [0, 0.05) is 5.56 Å². The van der Waals surface area contributed by atoms with Crippen LogP contribution in [0.1, 0.15) is 5.56 Å². The molecule has 2 rings (SSSR count). The van der Waals surface area contributed by atoms with Gasteiger partial charge in [0.2, 0.25) is 0 Å². The van der Waals surface area contributed by atoms with Gasteiger partial charge in [-0.05, 0) is 0 Å². The van der Waals surface area contributed by atoms with Gasteiger partial charge in [-0.15, -0.1) is 0 Å². The monoisotopic (exact) mass is 232 g/mol. The lowest BCUT2D eigenvalue weighted by molar-refractivity contribution is -0.0933. The van der Waals surface area contributed by atoms with Gasteiger partial charge in [0.15, 0.2) is 18.6 Å². The van der Waals surface area contributed by atoms with E-state index in [-0.39, 0.29) is 18.6 Å². The molecule has 1 aromatic rings. The van der Waals surface area contributed by atoms with Crippen molar-refractivity contribution in [2.75, 3.05) is 19.8 Å². The quantitative estimate of drug-likeness (QED) is 0.580. The lowest BCUT2D eigenvalue weighted by Crippen LogP contribution is -2.15. The summed E-state index contributed by atoms with van der Waals surface area (Å²) >= 11 is 0. The van der Waals surface area contributed by atoms with E-state index in [0.29, 0.717) is 13.2 Å². The smallest absolute Gasteiger partial charge is 0.194 e. The van der Waals surface area contributed by atoms with Crippen LogP contribution in [0, 0.1) is 11.3 Å². The van der Waals surface area contributed by atoms with Crippen LogP contribution in [0.15, 0.2) is 35.5 Å². The number of rotatable bonds is 4. The van der Waals surface area contributed by atoms with Crippen LogP contribution < -0.4 is 0 Å². The average Bonchev–Trinajstić information content (AvgIpc) is 2.89. The second kappa shape index (κ2) is 5.99. The second-order valence-electron chi connectivity index (χ2n) is 3.38. The predicted molar refractivity (Wildman–Crippen MR) is 60.2 cm³/mol. The molecule has 1 aromatic carbocycles.